The summed E-state index contributed by atoms with van der Waals surface area (Å²) in [5, 5.41) is 18.6. The topological polar surface area (TPSA) is 104 Å². The molecule has 2 fully saturated rings. The SMILES string of the molecule is NC1(C(=O)N2CC(O)CC2C(=O)O)CCCCC1. The number of aliphatic hydroxyl groups is 1. The Morgan fingerprint density at radius 2 is 1.83 bits per heavy atom. The second-order valence-electron chi connectivity index (χ2n) is 5.42. The number of carboxylic acid groups (broad SMARTS) is 1. The summed E-state index contributed by atoms with van der Waals surface area (Å²) in [5.74, 6) is -1.38. The number of likely N-dealkylation sites (tertiary alicyclic amines) is 1. The van der Waals surface area contributed by atoms with Crippen molar-refractivity contribution in [3.63, 3.8) is 0 Å². The summed E-state index contributed by atoms with van der Waals surface area (Å²) < 4.78 is 0. The molecular weight excluding hydrogens is 236 g/mol. The third-order valence-electron chi connectivity index (χ3n) is 4.00. The fraction of sp³-hybridized carbons (Fsp3) is 0.833. The second-order valence-corrected chi connectivity index (χ2v) is 5.42. The molecule has 1 aliphatic carbocycles. The Labute approximate surface area is 106 Å². The second kappa shape index (κ2) is 4.85. The number of aliphatic hydroxyl groups excluding tert-OH is 1. The van der Waals surface area contributed by atoms with Gasteiger partial charge in [-0.15, -0.1) is 0 Å². The van der Waals surface area contributed by atoms with E-state index < -0.39 is 23.7 Å². The zero-order chi connectivity index (χ0) is 13.3. The van der Waals surface area contributed by atoms with Gasteiger partial charge in [-0.25, -0.2) is 4.79 Å². The monoisotopic (exact) mass is 256 g/mol. The first-order valence-electron chi connectivity index (χ1n) is 6.45. The van der Waals surface area contributed by atoms with Crippen molar-refractivity contribution >= 4 is 11.9 Å². The van der Waals surface area contributed by atoms with Crippen LogP contribution in [0.3, 0.4) is 0 Å². The van der Waals surface area contributed by atoms with Gasteiger partial charge in [0.05, 0.1) is 11.6 Å². The van der Waals surface area contributed by atoms with Crippen molar-refractivity contribution in [3.8, 4) is 0 Å². The number of carbonyl (C=O) groups excluding carboxylic acids is 1. The van der Waals surface area contributed by atoms with Crippen LogP contribution in [0, 0.1) is 0 Å². The summed E-state index contributed by atoms with van der Waals surface area (Å²) in [5.41, 5.74) is 5.19. The molecule has 18 heavy (non-hydrogen) atoms. The van der Waals surface area contributed by atoms with E-state index in [9.17, 15) is 14.7 Å². The van der Waals surface area contributed by atoms with E-state index in [0.717, 1.165) is 19.3 Å². The largest absolute Gasteiger partial charge is 0.480 e. The van der Waals surface area contributed by atoms with Crippen LogP contribution in [-0.4, -0.2) is 51.2 Å². The van der Waals surface area contributed by atoms with Gasteiger partial charge in [0.1, 0.15) is 6.04 Å². The lowest BCUT2D eigenvalue weighted by Crippen LogP contribution is -2.58. The lowest BCUT2D eigenvalue weighted by Gasteiger charge is -2.36. The molecule has 2 aliphatic rings. The summed E-state index contributed by atoms with van der Waals surface area (Å²) >= 11 is 0. The van der Waals surface area contributed by atoms with E-state index in [1.54, 1.807) is 0 Å². The van der Waals surface area contributed by atoms with Crippen molar-refractivity contribution in [3.05, 3.63) is 0 Å². The molecule has 2 atom stereocenters. The minimum Gasteiger partial charge on any atom is -0.480 e. The molecule has 0 aromatic carbocycles. The zero-order valence-electron chi connectivity index (χ0n) is 10.3. The molecule has 2 rings (SSSR count). The molecule has 6 nitrogen and oxygen atoms in total. The molecule has 2 unspecified atom stereocenters. The average Bonchev–Trinajstić information content (AvgIpc) is 2.71. The first-order valence-corrected chi connectivity index (χ1v) is 6.45. The van der Waals surface area contributed by atoms with Crippen LogP contribution < -0.4 is 5.73 Å². The van der Waals surface area contributed by atoms with E-state index in [0.29, 0.717) is 12.8 Å². The first kappa shape index (κ1) is 13.3. The summed E-state index contributed by atoms with van der Waals surface area (Å²) in [7, 11) is 0. The lowest BCUT2D eigenvalue weighted by atomic mass is 9.81. The highest BCUT2D eigenvalue weighted by Crippen LogP contribution is 2.30. The number of nitrogens with two attached hydrogens (primary N) is 1. The van der Waals surface area contributed by atoms with Crippen LogP contribution >= 0.6 is 0 Å². The van der Waals surface area contributed by atoms with Gasteiger partial charge >= 0.3 is 5.97 Å². The van der Waals surface area contributed by atoms with Gasteiger partial charge in [-0.05, 0) is 12.8 Å². The summed E-state index contributed by atoms with van der Waals surface area (Å²) in [6.45, 7) is 0.0781. The standard InChI is InChI=1S/C12H20N2O4/c13-12(4-2-1-3-5-12)11(18)14-7-8(15)6-9(14)10(16)17/h8-9,15H,1-7,13H2,(H,16,17). The average molecular weight is 256 g/mol. The Morgan fingerprint density at radius 3 is 2.39 bits per heavy atom. The van der Waals surface area contributed by atoms with Crippen LogP contribution in [0.2, 0.25) is 0 Å². The van der Waals surface area contributed by atoms with Gasteiger partial charge in [-0.3, -0.25) is 4.79 Å². The fourth-order valence-corrected chi connectivity index (χ4v) is 2.95. The molecule has 1 saturated carbocycles. The number of rotatable bonds is 2. The van der Waals surface area contributed by atoms with Crippen LogP contribution in [0.5, 0.6) is 0 Å². The van der Waals surface area contributed by atoms with Crippen molar-refractivity contribution in [2.24, 2.45) is 5.73 Å². The molecule has 1 heterocycles. The number of hydrogen-bond donors (Lipinski definition) is 3. The van der Waals surface area contributed by atoms with Crippen molar-refractivity contribution in [1.82, 2.24) is 4.90 Å². The van der Waals surface area contributed by atoms with Crippen LogP contribution in [-0.2, 0) is 9.59 Å². The third-order valence-corrected chi connectivity index (χ3v) is 4.00. The number of β-amino-alcohol motifs (C(OH)–C–C–N with tert-alkyl or cyclic N) is 1. The summed E-state index contributed by atoms with van der Waals surface area (Å²) in [6.07, 6.45) is 3.40. The van der Waals surface area contributed by atoms with E-state index in [1.165, 1.54) is 4.90 Å². The third kappa shape index (κ3) is 2.35. The van der Waals surface area contributed by atoms with E-state index in [2.05, 4.69) is 0 Å². The van der Waals surface area contributed by atoms with Gasteiger partial charge in [0.25, 0.3) is 0 Å². The minimum absolute atomic E-state index is 0.0781. The Kier molecular flexibility index (Phi) is 3.59. The molecule has 4 N–H and O–H groups in total. The van der Waals surface area contributed by atoms with Crippen molar-refractivity contribution in [1.29, 1.82) is 0 Å². The number of hydrogen-bond acceptors (Lipinski definition) is 4. The minimum atomic E-state index is -1.07. The zero-order valence-corrected chi connectivity index (χ0v) is 10.3. The number of carboxylic acids is 1. The van der Waals surface area contributed by atoms with Gasteiger partial charge < -0.3 is 20.8 Å². The van der Waals surface area contributed by atoms with Gasteiger partial charge in [-0.2, -0.15) is 0 Å². The van der Waals surface area contributed by atoms with Crippen LogP contribution in [0.25, 0.3) is 0 Å². The number of amides is 1. The molecule has 0 radical (unpaired) electrons. The van der Waals surface area contributed by atoms with Gasteiger partial charge in [0.2, 0.25) is 5.91 Å². The lowest BCUT2D eigenvalue weighted by molar-refractivity contribution is -0.151. The van der Waals surface area contributed by atoms with E-state index >= 15 is 0 Å². The van der Waals surface area contributed by atoms with Crippen LogP contribution in [0.4, 0.5) is 0 Å². The number of carbonyl (C=O) groups is 2. The Bertz CT molecular complexity index is 352. The van der Waals surface area contributed by atoms with Crippen molar-refractivity contribution in [2.75, 3.05) is 6.54 Å². The predicted molar refractivity (Wildman–Crippen MR) is 63.8 cm³/mol. The molecular formula is C12H20N2O4. The quantitative estimate of drug-likeness (QED) is 0.629. The molecule has 0 aromatic rings. The van der Waals surface area contributed by atoms with Crippen LogP contribution in [0.15, 0.2) is 0 Å². The molecule has 6 heteroatoms. The highest BCUT2D eigenvalue weighted by molar-refractivity contribution is 5.90. The molecule has 0 bridgehead atoms. The predicted octanol–water partition coefficient (Wildman–Crippen LogP) is -0.306. The number of nitrogens with zero attached hydrogens (tertiary/aromatic N) is 1. The normalized spacial score (nSPS) is 31.3. The number of aliphatic carboxylic acids is 1. The van der Waals surface area contributed by atoms with E-state index in [1.807, 2.05) is 0 Å². The molecule has 0 aromatic heterocycles. The Balaban J connectivity index is 2.14. The van der Waals surface area contributed by atoms with E-state index in [-0.39, 0.29) is 18.9 Å². The molecule has 0 spiro atoms. The highest BCUT2D eigenvalue weighted by Gasteiger charge is 2.46. The Hall–Kier alpha value is -1.14. The highest BCUT2D eigenvalue weighted by atomic mass is 16.4. The fourth-order valence-electron chi connectivity index (χ4n) is 2.95. The molecule has 1 saturated heterocycles. The Morgan fingerprint density at radius 1 is 1.22 bits per heavy atom. The maximum absolute atomic E-state index is 12.4. The van der Waals surface area contributed by atoms with Crippen LogP contribution in [0.1, 0.15) is 38.5 Å². The van der Waals surface area contributed by atoms with E-state index in [4.69, 9.17) is 10.8 Å². The summed E-state index contributed by atoms with van der Waals surface area (Å²) in [6, 6.07) is -0.935. The smallest absolute Gasteiger partial charge is 0.326 e. The summed E-state index contributed by atoms with van der Waals surface area (Å²) in [4.78, 5) is 24.8. The van der Waals surface area contributed by atoms with Crippen molar-refractivity contribution < 1.29 is 19.8 Å². The van der Waals surface area contributed by atoms with Crippen molar-refractivity contribution in [2.45, 2.75) is 56.2 Å². The maximum Gasteiger partial charge on any atom is 0.326 e. The van der Waals surface area contributed by atoms with Gasteiger partial charge in [-0.1, -0.05) is 19.3 Å². The first-order chi connectivity index (χ1) is 8.44. The molecule has 102 valence electrons. The van der Waals surface area contributed by atoms with Gasteiger partial charge in [0.15, 0.2) is 0 Å². The van der Waals surface area contributed by atoms with Gasteiger partial charge in [0, 0.05) is 13.0 Å². The molecule has 1 amide bonds. The maximum atomic E-state index is 12.4. The molecule has 1 aliphatic heterocycles.